The molecule has 4 rings (SSSR count). The van der Waals surface area contributed by atoms with Crippen LogP contribution in [0, 0.1) is 11.3 Å². The lowest BCUT2D eigenvalue weighted by Crippen LogP contribution is -2.15. The molecule has 4 nitrogen and oxygen atoms in total. The molecule has 4 aromatic rings. The summed E-state index contributed by atoms with van der Waals surface area (Å²) in [5, 5.41) is 26.6. The maximum absolute atomic E-state index is 12.7. The van der Waals surface area contributed by atoms with Crippen LogP contribution in [0.3, 0.4) is 0 Å². The number of amides is 1. The van der Waals surface area contributed by atoms with Crippen LogP contribution in [0.4, 0.5) is 5.69 Å². The molecule has 0 heterocycles. The molecule has 0 atom stereocenters. The third-order valence-corrected chi connectivity index (χ3v) is 4.64. The first-order chi connectivity index (χ1) is 13.7. The third kappa shape index (κ3) is 3.17. The van der Waals surface area contributed by atoms with Crippen molar-refractivity contribution in [3.8, 4) is 6.07 Å². The van der Waals surface area contributed by atoms with Gasteiger partial charge in [-0.15, -0.1) is 0 Å². The first-order valence-electron chi connectivity index (χ1n) is 8.79. The lowest BCUT2D eigenvalue weighted by atomic mass is 10.0. The number of nitriles is 1. The van der Waals surface area contributed by atoms with E-state index in [-0.39, 0.29) is 11.3 Å². The predicted molar refractivity (Wildman–Crippen MR) is 112 cm³/mol. The first-order valence-corrected chi connectivity index (χ1v) is 8.79. The number of anilines is 1. The van der Waals surface area contributed by atoms with Gasteiger partial charge in [-0.05, 0) is 28.3 Å². The smallest absolute Gasteiger partial charge is 0.270 e. The minimum Gasteiger partial charge on any atom is -0.506 e. The number of aliphatic hydroxyl groups is 1. The van der Waals surface area contributed by atoms with Crippen LogP contribution in [-0.2, 0) is 4.79 Å². The van der Waals surface area contributed by atoms with Gasteiger partial charge in [0.15, 0.2) is 5.57 Å². The van der Waals surface area contributed by atoms with Gasteiger partial charge in [-0.3, -0.25) is 4.79 Å². The van der Waals surface area contributed by atoms with Gasteiger partial charge in [0.05, 0.1) is 0 Å². The Morgan fingerprint density at radius 3 is 2.29 bits per heavy atom. The molecule has 2 N–H and O–H groups in total. The quantitative estimate of drug-likeness (QED) is 0.289. The van der Waals surface area contributed by atoms with E-state index in [2.05, 4.69) is 5.32 Å². The molecule has 0 spiro atoms. The lowest BCUT2D eigenvalue weighted by molar-refractivity contribution is -0.112. The fraction of sp³-hybridized carbons (Fsp3) is 0. The van der Waals surface area contributed by atoms with E-state index in [1.807, 2.05) is 72.8 Å². The molecular formula is C24H16N2O2. The molecule has 28 heavy (non-hydrogen) atoms. The molecule has 0 saturated heterocycles. The summed E-state index contributed by atoms with van der Waals surface area (Å²) in [6.07, 6.45) is 0. The monoisotopic (exact) mass is 364 g/mol. The summed E-state index contributed by atoms with van der Waals surface area (Å²) in [6, 6.07) is 28.0. The maximum atomic E-state index is 12.7. The Hall–Kier alpha value is -4.10. The third-order valence-electron chi connectivity index (χ3n) is 4.64. The summed E-state index contributed by atoms with van der Waals surface area (Å²) < 4.78 is 0. The number of carbonyl (C=O) groups is 1. The van der Waals surface area contributed by atoms with E-state index in [0.29, 0.717) is 11.3 Å². The fourth-order valence-corrected chi connectivity index (χ4v) is 3.21. The van der Waals surface area contributed by atoms with E-state index in [1.165, 1.54) is 0 Å². The van der Waals surface area contributed by atoms with Gasteiger partial charge in [0.2, 0.25) is 0 Å². The standard InChI is InChI=1S/C24H16N2O2/c25-15-21(23(27)19-13-12-16-6-1-2-8-18(16)14-19)24(28)26-22-11-5-9-17-7-3-4-10-20(17)22/h1-14,27H,(H,26,28)/b23-21-. The minimum atomic E-state index is -0.649. The van der Waals surface area contributed by atoms with Gasteiger partial charge in [0, 0.05) is 16.6 Å². The minimum absolute atomic E-state index is 0.330. The highest BCUT2D eigenvalue weighted by molar-refractivity contribution is 6.14. The zero-order valence-corrected chi connectivity index (χ0v) is 14.9. The second-order valence-electron chi connectivity index (χ2n) is 6.38. The Morgan fingerprint density at radius 1 is 0.821 bits per heavy atom. The van der Waals surface area contributed by atoms with Crippen LogP contribution >= 0.6 is 0 Å². The highest BCUT2D eigenvalue weighted by Gasteiger charge is 2.18. The number of benzene rings is 4. The van der Waals surface area contributed by atoms with E-state index in [1.54, 1.807) is 18.2 Å². The van der Waals surface area contributed by atoms with E-state index in [4.69, 9.17) is 0 Å². The molecule has 0 fully saturated rings. The van der Waals surface area contributed by atoms with Crippen LogP contribution in [0.25, 0.3) is 27.3 Å². The lowest BCUT2D eigenvalue weighted by Gasteiger charge is -2.10. The molecule has 0 unspecified atom stereocenters. The molecule has 0 aliphatic carbocycles. The maximum Gasteiger partial charge on any atom is 0.270 e. The Balaban J connectivity index is 1.72. The van der Waals surface area contributed by atoms with Crippen molar-refractivity contribution in [2.45, 2.75) is 0 Å². The number of hydrogen-bond acceptors (Lipinski definition) is 3. The zero-order chi connectivity index (χ0) is 19.5. The highest BCUT2D eigenvalue weighted by Crippen LogP contribution is 2.25. The summed E-state index contributed by atoms with van der Waals surface area (Å²) in [6.45, 7) is 0. The number of fused-ring (bicyclic) bond motifs is 2. The second kappa shape index (κ2) is 7.26. The van der Waals surface area contributed by atoms with Crippen molar-refractivity contribution >= 4 is 38.9 Å². The number of nitrogens with one attached hydrogen (secondary N) is 1. The molecule has 0 aromatic heterocycles. The molecule has 0 bridgehead atoms. The number of rotatable bonds is 3. The topological polar surface area (TPSA) is 73.1 Å². The Labute approximate surface area is 162 Å². The van der Waals surface area contributed by atoms with Crippen molar-refractivity contribution in [1.29, 1.82) is 5.26 Å². The molecule has 0 radical (unpaired) electrons. The average molecular weight is 364 g/mol. The van der Waals surface area contributed by atoms with Crippen LogP contribution in [0.5, 0.6) is 0 Å². The number of aliphatic hydroxyl groups excluding tert-OH is 1. The summed E-state index contributed by atoms with van der Waals surface area (Å²) in [4.78, 5) is 12.7. The fourth-order valence-electron chi connectivity index (χ4n) is 3.21. The molecule has 0 aliphatic rings. The van der Waals surface area contributed by atoms with Crippen LogP contribution < -0.4 is 5.32 Å². The van der Waals surface area contributed by atoms with Gasteiger partial charge in [-0.25, -0.2) is 0 Å². The second-order valence-corrected chi connectivity index (χ2v) is 6.38. The molecule has 0 aliphatic heterocycles. The summed E-state index contributed by atoms with van der Waals surface area (Å²) >= 11 is 0. The Bertz CT molecular complexity index is 1280. The molecule has 1 amide bonds. The predicted octanol–water partition coefficient (Wildman–Crippen LogP) is 5.42. The van der Waals surface area contributed by atoms with Gasteiger partial charge in [0.1, 0.15) is 11.8 Å². The van der Waals surface area contributed by atoms with Crippen molar-refractivity contribution < 1.29 is 9.90 Å². The number of carbonyl (C=O) groups excluding carboxylic acids is 1. The van der Waals surface area contributed by atoms with Gasteiger partial charge in [-0.2, -0.15) is 5.26 Å². The van der Waals surface area contributed by atoms with E-state index in [9.17, 15) is 15.2 Å². The Kier molecular flexibility index (Phi) is 4.49. The molecular weight excluding hydrogens is 348 g/mol. The summed E-state index contributed by atoms with van der Waals surface area (Å²) in [7, 11) is 0. The SMILES string of the molecule is N#C/C(C(=O)Nc1cccc2ccccc12)=C(/O)c1ccc2ccccc2c1. The van der Waals surface area contributed by atoms with E-state index in [0.717, 1.165) is 21.5 Å². The van der Waals surface area contributed by atoms with Crippen molar-refractivity contribution in [3.63, 3.8) is 0 Å². The molecule has 134 valence electrons. The van der Waals surface area contributed by atoms with Crippen molar-refractivity contribution in [3.05, 3.63) is 96.1 Å². The highest BCUT2D eigenvalue weighted by atomic mass is 16.3. The van der Waals surface area contributed by atoms with Crippen LogP contribution in [0.15, 0.2) is 90.5 Å². The molecule has 0 saturated carbocycles. The zero-order valence-electron chi connectivity index (χ0n) is 14.9. The Morgan fingerprint density at radius 2 is 1.50 bits per heavy atom. The van der Waals surface area contributed by atoms with Crippen molar-refractivity contribution in [2.75, 3.05) is 5.32 Å². The summed E-state index contributed by atoms with van der Waals surface area (Å²) in [5.41, 5.74) is 0.675. The largest absolute Gasteiger partial charge is 0.506 e. The van der Waals surface area contributed by atoms with Gasteiger partial charge in [-0.1, -0.05) is 72.8 Å². The molecule has 4 aromatic carbocycles. The van der Waals surface area contributed by atoms with Gasteiger partial charge >= 0.3 is 0 Å². The van der Waals surface area contributed by atoms with Crippen LogP contribution in [-0.4, -0.2) is 11.0 Å². The molecule has 4 heteroatoms. The van der Waals surface area contributed by atoms with Gasteiger partial charge in [0.25, 0.3) is 5.91 Å². The number of nitrogens with zero attached hydrogens (tertiary/aromatic N) is 1. The van der Waals surface area contributed by atoms with Gasteiger partial charge < -0.3 is 10.4 Å². The first kappa shape index (κ1) is 17.3. The van der Waals surface area contributed by atoms with E-state index >= 15 is 0 Å². The normalized spacial score (nSPS) is 11.7. The average Bonchev–Trinajstić information content (AvgIpc) is 2.74. The van der Waals surface area contributed by atoms with Crippen LogP contribution in [0.1, 0.15) is 5.56 Å². The van der Waals surface area contributed by atoms with Crippen molar-refractivity contribution in [1.82, 2.24) is 0 Å². The van der Waals surface area contributed by atoms with Crippen molar-refractivity contribution in [2.24, 2.45) is 0 Å². The summed E-state index contributed by atoms with van der Waals surface area (Å²) in [5.74, 6) is -0.990. The van der Waals surface area contributed by atoms with Crippen LogP contribution in [0.2, 0.25) is 0 Å². The van der Waals surface area contributed by atoms with E-state index < -0.39 is 5.91 Å². The number of hydrogen-bond donors (Lipinski definition) is 2.